The Balaban J connectivity index is 2.18. The van der Waals surface area contributed by atoms with Crippen LogP contribution in [0.3, 0.4) is 0 Å². The normalized spacial score (nSPS) is 11.8. The fraction of sp³-hybridized carbons (Fsp3) is 0.385. The number of hydrogen-bond donors (Lipinski definition) is 1. The summed E-state index contributed by atoms with van der Waals surface area (Å²) in [7, 11) is 0. The maximum atomic E-state index is 4.22. The zero-order chi connectivity index (χ0) is 13.9. The SMILES string of the molecule is CC(C)(C)NCc1cc(Br)ccc1Sc1ncns1. The van der Waals surface area contributed by atoms with Gasteiger partial charge in [0, 0.05) is 21.5 Å². The summed E-state index contributed by atoms with van der Waals surface area (Å²) < 4.78 is 6.10. The standard InChI is InChI=1S/C13H16BrN3S2/c1-13(2,3)16-7-9-6-10(14)4-5-11(9)18-12-15-8-17-19-12/h4-6,8,16H,7H2,1-3H3. The highest BCUT2D eigenvalue weighted by Crippen LogP contribution is 2.32. The van der Waals surface area contributed by atoms with E-state index in [4.69, 9.17) is 0 Å². The van der Waals surface area contributed by atoms with Crippen LogP contribution in [0, 0.1) is 0 Å². The van der Waals surface area contributed by atoms with Crippen LogP contribution in [-0.4, -0.2) is 14.9 Å². The van der Waals surface area contributed by atoms with Crippen molar-refractivity contribution in [3.8, 4) is 0 Å². The predicted octanol–water partition coefficient (Wildman–Crippen LogP) is 4.34. The van der Waals surface area contributed by atoms with Gasteiger partial charge in [0.05, 0.1) is 0 Å². The minimum Gasteiger partial charge on any atom is -0.308 e. The first kappa shape index (κ1) is 15.0. The van der Waals surface area contributed by atoms with E-state index in [2.05, 4.69) is 69.6 Å². The zero-order valence-corrected chi connectivity index (χ0v) is 14.3. The monoisotopic (exact) mass is 357 g/mol. The van der Waals surface area contributed by atoms with Crippen molar-refractivity contribution in [2.24, 2.45) is 0 Å². The second-order valence-electron chi connectivity index (χ2n) is 5.16. The van der Waals surface area contributed by atoms with Gasteiger partial charge >= 0.3 is 0 Å². The number of benzene rings is 1. The van der Waals surface area contributed by atoms with Gasteiger partial charge in [-0.15, -0.1) is 0 Å². The first-order valence-corrected chi connectivity index (χ1v) is 8.30. The molecule has 0 unspecified atom stereocenters. The fourth-order valence-electron chi connectivity index (χ4n) is 1.45. The highest BCUT2D eigenvalue weighted by molar-refractivity contribution is 9.10. The minimum absolute atomic E-state index is 0.104. The average molecular weight is 358 g/mol. The molecule has 0 aliphatic heterocycles. The molecule has 0 atom stereocenters. The van der Waals surface area contributed by atoms with Crippen molar-refractivity contribution in [3.05, 3.63) is 34.6 Å². The van der Waals surface area contributed by atoms with E-state index >= 15 is 0 Å². The van der Waals surface area contributed by atoms with Gasteiger partial charge in [0.2, 0.25) is 0 Å². The number of hydrogen-bond acceptors (Lipinski definition) is 5. The Labute approximate surface area is 130 Å². The molecule has 0 amide bonds. The number of aromatic nitrogens is 2. The molecule has 0 bridgehead atoms. The third kappa shape index (κ3) is 4.87. The van der Waals surface area contributed by atoms with E-state index in [1.54, 1.807) is 18.1 Å². The molecular formula is C13H16BrN3S2. The molecule has 0 saturated carbocycles. The average Bonchev–Trinajstić information content (AvgIpc) is 2.81. The van der Waals surface area contributed by atoms with Crippen LogP contribution in [0.25, 0.3) is 0 Å². The van der Waals surface area contributed by atoms with E-state index < -0.39 is 0 Å². The molecule has 0 aliphatic carbocycles. The van der Waals surface area contributed by atoms with Crippen molar-refractivity contribution in [1.82, 2.24) is 14.7 Å². The van der Waals surface area contributed by atoms with Crippen molar-refractivity contribution in [1.29, 1.82) is 0 Å². The lowest BCUT2D eigenvalue weighted by Crippen LogP contribution is -2.35. The van der Waals surface area contributed by atoms with Crippen molar-refractivity contribution < 1.29 is 0 Å². The van der Waals surface area contributed by atoms with Crippen molar-refractivity contribution in [2.45, 2.75) is 42.1 Å². The predicted molar refractivity (Wildman–Crippen MR) is 84.8 cm³/mol. The lowest BCUT2D eigenvalue weighted by molar-refractivity contribution is 0.422. The number of nitrogens with zero attached hydrogens (tertiary/aromatic N) is 2. The molecule has 19 heavy (non-hydrogen) atoms. The van der Waals surface area contributed by atoms with Gasteiger partial charge in [0.25, 0.3) is 0 Å². The van der Waals surface area contributed by atoms with Gasteiger partial charge in [0.1, 0.15) is 6.33 Å². The third-order valence-corrected chi connectivity index (χ3v) is 4.70. The largest absolute Gasteiger partial charge is 0.308 e. The fourth-order valence-corrected chi connectivity index (χ4v) is 3.37. The molecule has 0 aliphatic rings. The molecule has 0 saturated heterocycles. The highest BCUT2D eigenvalue weighted by atomic mass is 79.9. The molecule has 2 aromatic rings. The van der Waals surface area contributed by atoms with Crippen LogP contribution in [0.5, 0.6) is 0 Å². The van der Waals surface area contributed by atoms with Gasteiger partial charge in [-0.1, -0.05) is 27.7 Å². The molecule has 102 valence electrons. The Morgan fingerprint density at radius 1 is 1.37 bits per heavy atom. The van der Waals surface area contributed by atoms with E-state index in [0.29, 0.717) is 0 Å². The summed E-state index contributed by atoms with van der Waals surface area (Å²) in [6.45, 7) is 7.34. The molecule has 1 aromatic carbocycles. The van der Waals surface area contributed by atoms with Crippen molar-refractivity contribution >= 4 is 39.2 Å². The molecule has 0 spiro atoms. The smallest absolute Gasteiger partial charge is 0.174 e. The molecule has 2 rings (SSSR count). The Morgan fingerprint density at radius 2 is 2.16 bits per heavy atom. The lowest BCUT2D eigenvalue weighted by atomic mass is 10.1. The Bertz CT molecular complexity index is 535. The number of nitrogens with one attached hydrogen (secondary N) is 1. The van der Waals surface area contributed by atoms with Crippen LogP contribution in [0.2, 0.25) is 0 Å². The van der Waals surface area contributed by atoms with Crippen LogP contribution in [-0.2, 0) is 6.54 Å². The maximum Gasteiger partial charge on any atom is 0.174 e. The first-order chi connectivity index (χ1) is 8.94. The molecular weight excluding hydrogens is 342 g/mol. The van der Waals surface area contributed by atoms with Gasteiger partial charge in [-0.05, 0) is 56.1 Å². The van der Waals surface area contributed by atoms with Crippen LogP contribution >= 0.6 is 39.2 Å². The van der Waals surface area contributed by atoms with E-state index in [-0.39, 0.29) is 5.54 Å². The molecule has 1 heterocycles. The second kappa shape index (κ2) is 6.35. The summed E-state index contributed by atoms with van der Waals surface area (Å²) in [5, 5.41) is 3.52. The summed E-state index contributed by atoms with van der Waals surface area (Å²) >= 11 is 6.62. The van der Waals surface area contributed by atoms with Crippen molar-refractivity contribution in [3.63, 3.8) is 0 Å². The Kier molecular flexibility index (Phi) is 5.00. The molecule has 3 nitrogen and oxygen atoms in total. The van der Waals surface area contributed by atoms with Gasteiger partial charge in [-0.25, -0.2) is 4.98 Å². The van der Waals surface area contributed by atoms with E-state index in [9.17, 15) is 0 Å². The Morgan fingerprint density at radius 3 is 2.79 bits per heavy atom. The summed E-state index contributed by atoms with van der Waals surface area (Å²) in [5.74, 6) is 0. The second-order valence-corrected chi connectivity index (χ2v) is 8.15. The number of halogens is 1. The molecule has 0 fully saturated rings. The van der Waals surface area contributed by atoms with E-state index in [1.807, 2.05) is 0 Å². The molecule has 1 aromatic heterocycles. The maximum absolute atomic E-state index is 4.22. The van der Waals surface area contributed by atoms with Gasteiger partial charge < -0.3 is 5.32 Å². The quantitative estimate of drug-likeness (QED) is 0.882. The lowest BCUT2D eigenvalue weighted by Gasteiger charge is -2.21. The number of rotatable bonds is 4. The van der Waals surface area contributed by atoms with Crippen LogP contribution in [0.4, 0.5) is 0 Å². The van der Waals surface area contributed by atoms with Gasteiger partial charge in [-0.3, -0.25) is 0 Å². The summed E-state index contributed by atoms with van der Waals surface area (Å²) in [5.41, 5.74) is 1.37. The van der Waals surface area contributed by atoms with Gasteiger partial charge in [-0.2, -0.15) is 4.37 Å². The molecule has 1 N–H and O–H groups in total. The van der Waals surface area contributed by atoms with Gasteiger partial charge in [0.15, 0.2) is 4.34 Å². The van der Waals surface area contributed by atoms with Crippen LogP contribution < -0.4 is 5.32 Å². The third-order valence-electron chi connectivity index (χ3n) is 2.37. The summed E-state index contributed by atoms with van der Waals surface area (Å²) in [4.78, 5) is 5.44. The first-order valence-electron chi connectivity index (χ1n) is 5.92. The zero-order valence-electron chi connectivity index (χ0n) is 11.1. The summed E-state index contributed by atoms with van der Waals surface area (Å²) in [6.07, 6.45) is 1.60. The minimum atomic E-state index is 0.104. The molecule has 0 radical (unpaired) electrons. The van der Waals surface area contributed by atoms with E-state index in [1.165, 1.54) is 22.0 Å². The topological polar surface area (TPSA) is 37.8 Å². The van der Waals surface area contributed by atoms with E-state index in [0.717, 1.165) is 15.4 Å². The Hall–Kier alpha value is -0.430. The van der Waals surface area contributed by atoms with Crippen LogP contribution in [0.1, 0.15) is 26.3 Å². The van der Waals surface area contributed by atoms with Crippen LogP contribution in [0.15, 0.2) is 38.2 Å². The van der Waals surface area contributed by atoms with Crippen molar-refractivity contribution in [2.75, 3.05) is 0 Å². The molecule has 6 heteroatoms. The summed E-state index contributed by atoms with van der Waals surface area (Å²) in [6, 6.07) is 6.34. The highest BCUT2D eigenvalue weighted by Gasteiger charge is 2.12.